The Hall–Kier alpha value is -1.99. The molecule has 21 heavy (non-hydrogen) atoms. The van der Waals surface area contributed by atoms with Gasteiger partial charge >= 0.3 is 0 Å². The summed E-state index contributed by atoms with van der Waals surface area (Å²) in [6.07, 6.45) is 5.64. The first-order valence-corrected chi connectivity index (χ1v) is 7.94. The molecule has 1 aliphatic rings. The van der Waals surface area contributed by atoms with Crippen LogP contribution in [0.3, 0.4) is 0 Å². The molecule has 1 aliphatic heterocycles. The second kappa shape index (κ2) is 5.42. The number of thiophene rings is 1. The summed E-state index contributed by atoms with van der Waals surface area (Å²) in [7, 11) is 0. The van der Waals surface area contributed by atoms with E-state index in [1.807, 2.05) is 10.9 Å². The number of nitrogens with one attached hydrogen (secondary N) is 2. The van der Waals surface area contributed by atoms with E-state index in [2.05, 4.69) is 43.1 Å². The van der Waals surface area contributed by atoms with Crippen LogP contribution >= 0.6 is 11.3 Å². The summed E-state index contributed by atoms with van der Waals surface area (Å²) in [5.74, 6) is 1.09. The number of hydrogen-bond acceptors (Lipinski definition) is 5. The normalized spacial score (nSPS) is 17.8. The zero-order chi connectivity index (χ0) is 14.1. The molecule has 1 unspecified atom stereocenters. The zero-order valence-corrected chi connectivity index (χ0v) is 12.3. The molecule has 6 nitrogen and oxygen atoms in total. The van der Waals surface area contributed by atoms with Gasteiger partial charge < -0.3 is 5.32 Å². The van der Waals surface area contributed by atoms with E-state index in [1.165, 1.54) is 10.4 Å². The predicted octanol–water partition coefficient (Wildman–Crippen LogP) is 1.83. The highest BCUT2D eigenvalue weighted by Gasteiger charge is 2.19. The van der Waals surface area contributed by atoms with Crippen LogP contribution in [0.1, 0.15) is 17.8 Å². The van der Waals surface area contributed by atoms with Crippen molar-refractivity contribution in [1.82, 2.24) is 30.3 Å². The van der Waals surface area contributed by atoms with E-state index in [-0.39, 0.29) is 0 Å². The lowest BCUT2D eigenvalue weighted by Gasteiger charge is -2.23. The summed E-state index contributed by atoms with van der Waals surface area (Å²) < 4.78 is 2.00. The molecule has 4 rings (SSSR count). The lowest BCUT2D eigenvalue weighted by molar-refractivity contribution is 0.358. The fourth-order valence-corrected chi connectivity index (χ4v) is 3.49. The number of aromatic nitrogens is 5. The molecule has 0 aromatic carbocycles. The van der Waals surface area contributed by atoms with Gasteiger partial charge in [-0.15, -0.1) is 11.3 Å². The molecule has 0 bridgehead atoms. The van der Waals surface area contributed by atoms with Crippen molar-refractivity contribution in [3.63, 3.8) is 0 Å². The molecule has 1 atom stereocenters. The monoisotopic (exact) mass is 300 g/mol. The Morgan fingerprint density at radius 1 is 1.48 bits per heavy atom. The molecule has 3 aromatic rings. The minimum Gasteiger partial charge on any atom is -0.308 e. The Bertz CT molecular complexity index is 713. The van der Waals surface area contributed by atoms with Crippen molar-refractivity contribution >= 4 is 11.3 Å². The average Bonchev–Trinajstić information content (AvgIpc) is 3.24. The van der Waals surface area contributed by atoms with E-state index in [0.29, 0.717) is 6.04 Å². The van der Waals surface area contributed by atoms with Crippen LogP contribution in [0.15, 0.2) is 30.0 Å². The van der Waals surface area contributed by atoms with E-state index in [0.717, 1.165) is 37.4 Å². The largest absolute Gasteiger partial charge is 0.308 e. The number of nitrogens with zero attached hydrogens (tertiary/aromatic N) is 4. The van der Waals surface area contributed by atoms with Crippen molar-refractivity contribution in [2.24, 2.45) is 0 Å². The standard InChI is InChI=1S/C14H16N6S/c1-2-12(21-5-1)14-10(7-17-19-14)6-15-11-3-4-13-16-9-18-20(13)8-11/h1-2,5,7,9,11,15H,3-4,6,8H2,(H,17,19). The third-order valence-electron chi connectivity index (χ3n) is 3.87. The molecule has 3 aromatic heterocycles. The molecular formula is C14H16N6S. The SMILES string of the molecule is c1csc(-c2[nH]ncc2CNC2CCc3ncnn3C2)c1. The highest BCUT2D eigenvalue weighted by molar-refractivity contribution is 7.13. The van der Waals surface area contributed by atoms with Crippen LogP contribution in [0.25, 0.3) is 10.6 Å². The molecule has 0 amide bonds. The van der Waals surface area contributed by atoms with Gasteiger partial charge in [0.2, 0.25) is 0 Å². The van der Waals surface area contributed by atoms with Gasteiger partial charge in [0.1, 0.15) is 12.2 Å². The molecule has 0 saturated heterocycles. The van der Waals surface area contributed by atoms with E-state index < -0.39 is 0 Å². The van der Waals surface area contributed by atoms with Gasteiger partial charge in [0.25, 0.3) is 0 Å². The van der Waals surface area contributed by atoms with Crippen LogP contribution in [-0.4, -0.2) is 31.0 Å². The molecule has 2 N–H and O–H groups in total. The number of rotatable bonds is 4. The van der Waals surface area contributed by atoms with Gasteiger partial charge in [0, 0.05) is 24.6 Å². The van der Waals surface area contributed by atoms with Crippen LogP contribution in [0, 0.1) is 0 Å². The molecule has 0 fully saturated rings. The lowest BCUT2D eigenvalue weighted by atomic mass is 10.1. The highest BCUT2D eigenvalue weighted by atomic mass is 32.1. The minimum atomic E-state index is 0.435. The third-order valence-corrected chi connectivity index (χ3v) is 4.76. The minimum absolute atomic E-state index is 0.435. The van der Waals surface area contributed by atoms with Gasteiger partial charge in [-0.05, 0) is 17.9 Å². The maximum atomic E-state index is 4.26. The molecular weight excluding hydrogens is 284 g/mol. The topological polar surface area (TPSA) is 71.4 Å². The first-order chi connectivity index (χ1) is 10.4. The number of fused-ring (bicyclic) bond motifs is 1. The van der Waals surface area contributed by atoms with E-state index in [4.69, 9.17) is 0 Å². The molecule has 0 saturated carbocycles. The van der Waals surface area contributed by atoms with Gasteiger partial charge in [-0.1, -0.05) is 6.07 Å². The van der Waals surface area contributed by atoms with Crippen molar-refractivity contribution in [1.29, 1.82) is 0 Å². The Morgan fingerprint density at radius 3 is 3.38 bits per heavy atom. The van der Waals surface area contributed by atoms with Crippen molar-refractivity contribution in [2.45, 2.75) is 32.0 Å². The fourth-order valence-electron chi connectivity index (χ4n) is 2.74. The van der Waals surface area contributed by atoms with Crippen LogP contribution in [0.5, 0.6) is 0 Å². The van der Waals surface area contributed by atoms with Crippen LogP contribution in [0.4, 0.5) is 0 Å². The van der Waals surface area contributed by atoms with Gasteiger partial charge in [-0.3, -0.25) is 5.10 Å². The quantitative estimate of drug-likeness (QED) is 0.771. The van der Waals surface area contributed by atoms with Crippen molar-refractivity contribution in [2.75, 3.05) is 0 Å². The van der Waals surface area contributed by atoms with E-state index in [1.54, 1.807) is 17.7 Å². The maximum Gasteiger partial charge on any atom is 0.138 e. The Morgan fingerprint density at radius 2 is 2.48 bits per heavy atom. The van der Waals surface area contributed by atoms with Crippen molar-refractivity contribution in [3.05, 3.63) is 41.4 Å². The smallest absolute Gasteiger partial charge is 0.138 e. The van der Waals surface area contributed by atoms with Gasteiger partial charge in [-0.2, -0.15) is 10.2 Å². The van der Waals surface area contributed by atoms with Crippen LogP contribution in [0.2, 0.25) is 0 Å². The van der Waals surface area contributed by atoms with Gasteiger partial charge in [-0.25, -0.2) is 9.67 Å². The highest BCUT2D eigenvalue weighted by Crippen LogP contribution is 2.25. The molecule has 0 spiro atoms. The van der Waals surface area contributed by atoms with E-state index >= 15 is 0 Å². The third kappa shape index (κ3) is 2.50. The first-order valence-electron chi connectivity index (χ1n) is 7.06. The van der Waals surface area contributed by atoms with E-state index in [9.17, 15) is 0 Å². The number of hydrogen-bond donors (Lipinski definition) is 2. The lowest BCUT2D eigenvalue weighted by Crippen LogP contribution is -2.37. The first kappa shape index (κ1) is 12.7. The van der Waals surface area contributed by atoms with Gasteiger partial charge in [0.15, 0.2) is 0 Å². The van der Waals surface area contributed by atoms with Crippen molar-refractivity contribution < 1.29 is 0 Å². The summed E-state index contributed by atoms with van der Waals surface area (Å²) in [4.78, 5) is 5.49. The average molecular weight is 300 g/mol. The molecule has 4 heterocycles. The number of H-pyrrole nitrogens is 1. The second-order valence-electron chi connectivity index (χ2n) is 5.22. The summed E-state index contributed by atoms with van der Waals surface area (Å²) in [6.45, 7) is 1.71. The second-order valence-corrected chi connectivity index (χ2v) is 6.17. The number of aromatic amines is 1. The summed E-state index contributed by atoms with van der Waals surface area (Å²) >= 11 is 1.73. The fraction of sp³-hybridized carbons (Fsp3) is 0.357. The van der Waals surface area contributed by atoms with Crippen LogP contribution < -0.4 is 5.32 Å². The summed E-state index contributed by atoms with van der Waals surface area (Å²) in [5.41, 5.74) is 2.33. The Labute approximate surface area is 126 Å². The molecule has 0 aliphatic carbocycles. The zero-order valence-electron chi connectivity index (χ0n) is 11.5. The van der Waals surface area contributed by atoms with Crippen molar-refractivity contribution in [3.8, 4) is 10.6 Å². The Kier molecular flexibility index (Phi) is 3.28. The molecule has 7 heteroatoms. The Balaban J connectivity index is 1.43. The number of aryl methyl sites for hydroxylation is 1. The van der Waals surface area contributed by atoms with Gasteiger partial charge in [0.05, 0.1) is 23.3 Å². The molecule has 108 valence electrons. The predicted molar refractivity (Wildman–Crippen MR) is 80.9 cm³/mol. The summed E-state index contributed by atoms with van der Waals surface area (Å²) in [6, 6.07) is 4.61. The van der Waals surface area contributed by atoms with Crippen LogP contribution in [-0.2, 0) is 19.5 Å². The summed E-state index contributed by atoms with van der Waals surface area (Å²) in [5, 5.41) is 17.2. The molecule has 0 radical (unpaired) electrons. The maximum absolute atomic E-state index is 4.26.